The van der Waals surface area contributed by atoms with Gasteiger partial charge in [0.2, 0.25) is 5.91 Å². The highest BCUT2D eigenvalue weighted by atomic mass is 32.1. The lowest BCUT2D eigenvalue weighted by atomic mass is 10.2. The second kappa shape index (κ2) is 4.89. The van der Waals surface area contributed by atoms with Crippen molar-refractivity contribution in [2.45, 2.75) is 6.61 Å². The molecule has 0 radical (unpaired) electrons. The van der Waals surface area contributed by atoms with E-state index in [0.717, 1.165) is 0 Å². The van der Waals surface area contributed by atoms with Crippen LogP contribution in [0.5, 0.6) is 0 Å². The Morgan fingerprint density at radius 2 is 2.15 bits per heavy atom. The van der Waals surface area contributed by atoms with Crippen LogP contribution in [0.1, 0.15) is 5.56 Å². The minimum atomic E-state index is -0.177. The van der Waals surface area contributed by atoms with E-state index in [-0.39, 0.29) is 18.3 Å². The molecule has 0 heterocycles. The Bertz CT molecular complexity index is 301. The summed E-state index contributed by atoms with van der Waals surface area (Å²) in [6.45, 7) is -0.0803. The van der Waals surface area contributed by atoms with Crippen LogP contribution in [0.15, 0.2) is 24.3 Å². The molecule has 0 unspecified atom stereocenters. The summed E-state index contributed by atoms with van der Waals surface area (Å²) < 4.78 is 0. The van der Waals surface area contributed by atoms with Crippen molar-refractivity contribution in [1.82, 2.24) is 0 Å². The lowest BCUT2D eigenvalue weighted by molar-refractivity contribution is -0.113. The summed E-state index contributed by atoms with van der Waals surface area (Å²) in [6.07, 6.45) is 0. The van der Waals surface area contributed by atoms with E-state index in [1.165, 1.54) is 0 Å². The predicted octanol–water partition coefficient (Wildman–Crippen LogP) is 1.05. The Morgan fingerprint density at radius 1 is 1.46 bits per heavy atom. The van der Waals surface area contributed by atoms with Crippen LogP contribution in [0.3, 0.4) is 0 Å². The summed E-state index contributed by atoms with van der Waals surface area (Å²) in [6, 6.07) is 7.11. The van der Waals surface area contributed by atoms with Gasteiger partial charge in [0.25, 0.3) is 0 Å². The number of carbonyl (C=O) groups excluding carboxylic acids is 1. The topological polar surface area (TPSA) is 49.3 Å². The Morgan fingerprint density at radius 3 is 2.77 bits per heavy atom. The molecule has 3 nitrogen and oxygen atoms in total. The van der Waals surface area contributed by atoms with Gasteiger partial charge in [-0.15, -0.1) is 0 Å². The van der Waals surface area contributed by atoms with E-state index in [0.29, 0.717) is 11.3 Å². The average Bonchev–Trinajstić information content (AvgIpc) is 2.18. The summed E-state index contributed by atoms with van der Waals surface area (Å²) in [5.41, 5.74) is 1.35. The highest BCUT2D eigenvalue weighted by Crippen LogP contribution is 2.14. The third-order valence-electron chi connectivity index (χ3n) is 1.61. The summed E-state index contributed by atoms with van der Waals surface area (Å²) >= 11 is 3.83. The van der Waals surface area contributed by atoms with Crippen LogP contribution in [0.25, 0.3) is 0 Å². The molecule has 0 aliphatic carbocycles. The smallest absolute Gasteiger partial charge is 0.234 e. The second-order valence-corrected chi connectivity index (χ2v) is 2.84. The fraction of sp³-hybridized carbons (Fsp3) is 0.222. The first-order chi connectivity index (χ1) is 6.27. The fourth-order valence-electron chi connectivity index (χ4n) is 0.970. The van der Waals surface area contributed by atoms with Crippen molar-refractivity contribution in [2.75, 3.05) is 11.1 Å². The number of nitrogens with one attached hydrogen (secondary N) is 1. The minimum absolute atomic E-state index is 0.0803. The molecular formula is C9H11NO2S. The number of thiol groups is 1. The van der Waals surface area contributed by atoms with Gasteiger partial charge in [0, 0.05) is 11.3 Å². The maximum absolute atomic E-state index is 11.0. The van der Waals surface area contributed by atoms with Crippen LogP contribution in [0.2, 0.25) is 0 Å². The largest absolute Gasteiger partial charge is 0.392 e. The number of para-hydroxylation sites is 1. The number of hydrogen-bond acceptors (Lipinski definition) is 3. The maximum atomic E-state index is 11.0. The number of aliphatic hydroxyl groups is 1. The van der Waals surface area contributed by atoms with Crippen LogP contribution in [0.4, 0.5) is 5.69 Å². The summed E-state index contributed by atoms with van der Waals surface area (Å²) in [7, 11) is 0. The quantitative estimate of drug-likeness (QED) is 0.634. The summed E-state index contributed by atoms with van der Waals surface area (Å²) in [4.78, 5) is 11.0. The first-order valence-electron chi connectivity index (χ1n) is 3.87. The summed E-state index contributed by atoms with van der Waals surface area (Å²) in [5, 5.41) is 11.6. The highest BCUT2D eigenvalue weighted by Gasteiger charge is 2.02. The van der Waals surface area contributed by atoms with Crippen LogP contribution < -0.4 is 5.32 Å². The van der Waals surface area contributed by atoms with Gasteiger partial charge in [0.05, 0.1) is 12.4 Å². The van der Waals surface area contributed by atoms with Gasteiger partial charge < -0.3 is 10.4 Å². The van der Waals surface area contributed by atoms with Crippen molar-refractivity contribution >= 4 is 24.2 Å². The maximum Gasteiger partial charge on any atom is 0.234 e. The van der Waals surface area contributed by atoms with Crippen molar-refractivity contribution < 1.29 is 9.90 Å². The zero-order chi connectivity index (χ0) is 9.68. The van der Waals surface area contributed by atoms with Crippen molar-refractivity contribution in [2.24, 2.45) is 0 Å². The fourth-order valence-corrected chi connectivity index (χ4v) is 1.05. The molecule has 2 N–H and O–H groups in total. The Kier molecular flexibility index (Phi) is 3.79. The van der Waals surface area contributed by atoms with Crippen molar-refractivity contribution in [3.8, 4) is 0 Å². The molecule has 0 fully saturated rings. The molecule has 0 saturated heterocycles. The normalized spacial score (nSPS) is 9.69. The van der Waals surface area contributed by atoms with E-state index in [1.54, 1.807) is 18.2 Å². The molecule has 1 aromatic rings. The molecule has 0 atom stereocenters. The molecule has 13 heavy (non-hydrogen) atoms. The minimum Gasteiger partial charge on any atom is -0.392 e. The predicted molar refractivity (Wildman–Crippen MR) is 54.8 cm³/mol. The van der Waals surface area contributed by atoms with E-state index in [2.05, 4.69) is 17.9 Å². The van der Waals surface area contributed by atoms with E-state index < -0.39 is 0 Å². The molecular weight excluding hydrogens is 186 g/mol. The van der Waals surface area contributed by atoms with Gasteiger partial charge in [-0.2, -0.15) is 12.6 Å². The Labute approximate surface area is 82.2 Å². The molecule has 0 bridgehead atoms. The molecule has 0 aromatic heterocycles. The first kappa shape index (κ1) is 10.1. The van der Waals surface area contributed by atoms with Gasteiger partial charge in [-0.05, 0) is 6.07 Å². The lowest BCUT2D eigenvalue weighted by Gasteiger charge is -2.07. The number of amides is 1. The monoisotopic (exact) mass is 197 g/mol. The molecule has 0 aliphatic heterocycles. The van der Waals surface area contributed by atoms with E-state index >= 15 is 0 Å². The molecule has 70 valence electrons. The number of benzene rings is 1. The molecule has 1 aromatic carbocycles. The highest BCUT2D eigenvalue weighted by molar-refractivity contribution is 7.81. The second-order valence-electron chi connectivity index (χ2n) is 2.52. The van der Waals surface area contributed by atoms with Crippen LogP contribution in [-0.4, -0.2) is 16.8 Å². The number of anilines is 1. The average molecular weight is 197 g/mol. The van der Waals surface area contributed by atoms with Gasteiger partial charge in [-0.1, -0.05) is 18.2 Å². The molecule has 1 amide bonds. The molecule has 0 saturated carbocycles. The zero-order valence-electron chi connectivity index (χ0n) is 7.03. The molecule has 0 spiro atoms. The van der Waals surface area contributed by atoms with Gasteiger partial charge in [-0.3, -0.25) is 4.79 Å². The zero-order valence-corrected chi connectivity index (χ0v) is 7.92. The van der Waals surface area contributed by atoms with Crippen LogP contribution in [0, 0.1) is 0 Å². The number of hydrogen-bond donors (Lipinski definition) is 3. The number of aliphatic hydroxyl groups excluding tert-OH is 1. The third-order valence-corrected chi connectivity index (χ3v) is 1.89. The van der Waals surface area contributed by atoms with E-state index in [9.17, 15) is 4.79 Å². The van der Waals surface area contributed by atoms with Crippen molar-refractivity contribution in [3.05, 3.63) is 29.8 Å². The Balaban J connectivity index is 2.81. The molecule has 1 rings (SSSR count). The molecule has 0 aliphatic rings. The van der Waals surface area contributed by atoms with Crippen LogP contribution in [-0.2, 0) is 11.4 Å². The van der Waals surface area contributed by atoms with Crippen molar-refractivity contribution in [3.63, 3.8) is 0 Å². The van der Waals surface area contributed by atoms with Crippen molar-refractivity contribution in [1.29, 1.82) is 0 Å². The lowest BCUT2D eigenvalue weighted by Crippen LogP contribution is -2.13. The van der Waals surface area contributed by atoms with E-state index in [4.69, 9.17) is 5.11 Å². The van der Waals surface area contributed by atoms with Gasteiger partial charge >= 0.3 is 0 Å². The SMILES string of the molecule is O=C(CS)Nc1ccccc1CO. The van der Waals surface area contributed by atoms with Crippen LogP contribution >= 0.6 is 12.6 Å². The van der Waals surface area contributed by atoms with Gasteiger partial charge in [0.15, 0.2) is 0 Å². The van der Waals surface area contributed by atoms with Gasteiger partial charge in [0.1, 0.15) is 0 Å². The van der Waals surface area contributed by atoms with Gasteiger partial charge in [-0.25, -0.2) is 0 Å². The standard InChI is InChI=1S/C9H11NO2S/c11-5-7-3-1-2-4-8(7)10-9(12)6-13/h1-4,11,13H,5-6H2,(H,10,12). The van der Waals surface area contributed by atoms with E-state index in [1.807, 2.05) is 6.07 Å². The number of rotatable bonds is 3. The Hall–Kier alpha value is -1.00. The third kappa shape index (κ3) is 2.75. The molecule has 4 heteroatoms. The summed E-state index contributed by atoms with van der Waals surface area (Å²) in [5.74, 6) is -0.0380. The number of carbonyl (C=O) groups is 1. The first-order valence-corrected chi connectivity index (χ1v) is 4.50.